The van der Waals surface area contributed by atoms with Gasteiger partial charge in [0, 0.05) is 19.3 Å². The number of hydrogen-bond donors (Lipinski definition) is 2. The van der Waals surface area contributed by atoms with Crippen molar-refractivity contribution >= 4 is 25.7 Å². The molecule has 0 radical (unpaired) electrons. The quantitative estimate of drug-likeness (QED) is 0.0197. The number of hydrogen-bond acceptors (Lipinski definition) is 10. The summed E-state index contributed by atoms with van der Waals surface area (Å²) < 4.78 is 39.3. The zero-order valence-corrected chi connectivity index (χ0v) is 43.1. The largest absolute Gasteiger partial charge is 0.472 e. The number of allylic oxidation sites excluding steroid dienone is 8. The van der Waals surface area contributed by atoms with Crippen LogP contribution in [-0.4, -0.2) is 66.5 Å². The summed E-state index contributed by atoms with van der Waals surface area (Å²) in [5.41, 5.74) is 0. The molecule has 0 aliphatic rings. The Bertz CT molecular complexity index is 1300. The summed E-state index contributed by atoms with van der Waals surface area (Å²) in [6.07, 6.45) is 49.3. The third kappa shape index (κ3) is 46.5. The van der Waals surface area contributed by atoms with E-state index >= 15 is 0 Å². The molecule has 0 heterocycles. The van der Waals surface area contributed by atoms with Crippen molar-refractivity contribution in [3.8, 4) is 0 Å². The number of esters is 3. The fourth-order valence-electron chi connectivity index (χ4n) is 7.13. The van der Waals surface area contributed by atoms with E-state index in [0.717, 1.165) is 109 Å². The van der Waals surface area contributed by atoms with Crippen LogP contribution < -0.4 is 0 Å². The monoisotopic (exact) mass is 953 g/mol. The summed E-state index contributed by atoms with van der Waals surface area (Å²) in [7, 11) is -4.74. The van der Waals surface area contributed by atoms with Gasteiger partial charge in [-0.3, -0.25) is 23.4 Å². The van der Waals surface area contributed by atoms with Gasteiger partial charge in [-0.1, -0.05) is 191 Å². The molecule has 0 aromatic rings. The lowest BCUT2D eigenvalue weighted by molar-refractivity contribution is -0.161. The van der Waals surface area contributed by atoms with E-state index in [2.05, 4.69) is 69.4 Å². The van der Waals surface area contributed by atoms with Gasteiger partial charge in [0.2, 0.25) is 0 Å². The van der Waals surface area contributed by atoms with Gasteiger partial charge in [0.25, 0.3) is 0 Å². The highest BCUT2D eigenvalue weighted by atomic mass is 31.2. The maximum atomic E-state index is 12.8. The molecule has 0 aliphatic heterocycles. The zero-order chi connectivity index (χ0) is 48.4. The summed E-state index contributed by atoms with van der Waals surface area (Å²) in [6.45, 7) is 4.51. The molecule has 0 aromatic heterocycles. The number of aliphatic hydroxyl groups is 1. The molecular formula is C54H97O11P. The fraction of sp³-hybridized carbons (Fsp3) is 0.796. The molecule has 0 fully saturated rings. The summed E-state index contributed by atoms with van der Waals surface area (Å²) in [5.74, 6) is -1.49. The topological polar surface area (TPSA) is 155 Å². The van der Waals surface area contributed by atoms with Crippen molar-refractivity contribution < 1.29 is 52.2 Å². The van der Waals surface area contributed by atoms with Crippen molar-refractivity contribution in [2.45, 2.75) is 251 Å². The molecule has 0 amide bonds. The van der Waals surface area contributed by atoms with Gasteiger partial charge < -0.3 is 24.2 Å². The Balaban J connectivity index is 4.78. The predicted molar refractivity (Wildman–Crippen MR) is 270 cm³/mol. The molecule has 0 bridgehead atoms. The lowest BCUT2D eigenvalue weighted by atomic mass is 10.1. The van der Waals surface area contributed by atoms with Crippen LogP contribution in [0.25, 0.3) is 0 Å². The summed E-state index contributed by atoms with van der Waals surface area (Å²) in [6, 6.07) is 0. The molecule has 0 rings (SSSR count). The van der Waals surface area contributed by atoms with Crippen molar-refractivity contribution in [2.75, 3.05) is 26.4 Å². The third-order valence-corrected chi connectivity index (χ3v) is 12.2. The first-order valence-electron chi connectivity index (χ1n) is 26.5. The van der Waals surface area contributed by atoms with Gasteiger partial charge in [0.15, 0.2) is 6.10 Å². The minimum Gasteiger partial charge on any atom is -0.462 e. The minimum absolute atomic E-state index is 0.150. The normalized spacial score (nSPS) is 13.8. The number of aliphatic hydroxyl groups excluding tert-OH is 1. The SMILES string of the molecule is CCC/C=C\C/C=C\CCCCCCCC(=O)OCC(COP(=O)(O)OCC(CO)OC(=O)CCCCCCCCCCCCC)OC(=O)CCCCCCC/C=C\C/C=C\CCCCC. The van der Waals surface area contributed by atoms with Crippen LogP contribution in [-0.2, 0) is 42.2 Å². The van der Waals surface area contributed by atoms with Crippen molar-refractivity contribution in [1.82, 2.24) is 0 Å². The van der Waals surface area contributed by atoms with Crippen molar-refractivity contribution in [2.24, 2.45) is 0 Å². The molecule has 0 aromatic carbocycles. The minimum atomic E-state index is -4.74. The summed E-state index contributed by atoms with van der Waals surface area (Å²) in [5, 5.41) is 9.76. The van der Waals surface area contributed by atoms with Crippen LogP contribution in [0.4, 0.5) is 0 Å². The molecule has 3 atom stereocenters. The zero-order valence-electron chi connectivity index (χ0n) is 42.2. The maximum absolute atomic E-state index is 12.8. The van der Waals surface area contributed by atoms with Crippen molar-refractivity contribution in [3.05, 3.63) is 48.6 Å². The lowest BCUT2D eigenvalue weighted by Crippen LogP contribution is -2.30. The van der Waals surface area contributed by atoms with Crippen LogP contribution in [0, 0.1) is 0 Å². The Morgan fingerprint density at radius 3 is 1.21 bits per heavy atom. The first kappa shape index (κ1) is 63.4. The van der Waals surface area contributed by atoms with E-state index in [9.17, 15) is 28.9 Å². The molecule has 66 heavy (non-hydrogen) atoms. The second kappa shape index (κ2) is 48.9. The van der Waals surface area contributed by atoms with Gasteiger partial charge in [-0.15, -0.1) is 0 Å². The summed E-state index contributed by atoms with van der Waals surface area (Å²) in [4.78, 5) is 48.3. The van der Waals surface area contributed by atoms with Crippen molar-refractivity contribution in [1.29, 1.82) is 0 Å². The fourth-order valence-corrected chi connectivity index (χ4v) is 7.91. The number of rotatable bonds is 49. The van der Waals surface area contributed by atoms with E-state index in [0.29, 0.717) is 19.3 Å². The molecular weight excluding hydrogens is 856 g/mol. The number of unbranched alkanes of at least 4 members (excludes halogenated alkanes) is 24. The first-order chi connectivity index (χ1) is 32.2. The highest BCUT2D eigenvalue weighted by molar-refractivity contribution is 7.47. The first-order valence-corrected chi connectivity index (χ1v) is 28.0. The summed E-state index contributed by atoms with van der Waals surface area (Å²) >= 11 is 0. The smallest absolute Gasteiger partial charge is 0.462 e. The number of phosphoric ester groups is 1. The average molecular weight is 953 g/mol. The van der Waals surface area contributed by atoms with Gasteiger partial charge in [-0.25, -0.2) is 4.57 Å². The second-order valence-corrected chi connectivity index (χ2v) is 19.1. The van der Waals surface area contributed by atoms with Crippen LogP contribution >= 0.6 is 7.82 Å². The number of carbonyl (C=O) groups excluding carboxylic acids is 3. The van der Waals surface area contributed by atoms with Crippen LogP contribution in [0.3, 0.4) is 0 Å². The average Bonchev–Trinajstić information content (AvgIpc) is 3.30. The predicted octanol–water partition coefficient (Wildman–Crippen LogP) is 15.0. The van der Waals surface area contributed by atoms with Gasteiger partial charge >= 0.3 is 25.7 Å². The van der Waals surface area contributed by atoms with Gasteiger partial charge in [0.1, 0.15) is 12.7 Å². The van der Waals surface area contributed by atoms with Crippen molar-refractivity contribution in [3.63, 3.8) is 0 Å². The van der Waals surface area contributed by atoms with Crippen LogP contribution in [0.15, 0.2) is 48.6 Å². The van der Waals surface area contributed by atoms with Crippen LogP contribution in [0.1, 0.15) is 239 Å². The van der Waals surface area contributed by atoms with Gasteiger partial charge in [0.05, 0.1) is 19.8 Å². The second-order valence-electron chi connectivity index (χ2n) is 17.7. The van der Waals surface area contributed by atoms with E-state index in [-0.39, 0.29) is 25.9 Å². The van der Waals surface area contributed by atoms with Crippen LogP contribution in [0.5, 0.6) is 0 Å². The molecule has 0 saturated carbocycles. The highest BCUT2D eigenvalue weighted by Gasteiger charge is 2.28. The van der Waals surface area contributed by atoms with Crippen LogP contribution in [0.2, 0.25) is 0 Å². The van der Waals surface area contributed by atoms with E-state index in [1.165, 1.54) is 70.6 Å². The lowest BCUT2D eigenvalue weighted by Gasteiger charge is -2.21. The Morgan fingerprint density at radius 1 is 0.424 bits per heavy atom. The standard InChI is InChI=1S/C54H97O11P/c1-4-7-10-13-16-19-22-24-25-27-30-33-36-39-42-45-54(58)65-51(47-61-52(56)43-40-37-34-31-29-26-23-20-17-14-11-8-5-2)49-63-66(59,60)62-48-50(46-55)64-53(57)44-41-38-35-32-28-21-18-15-12-9-6-3/h11,14,16,19-20,23-25,50-51,55H,4-10,12-13,15,17-18,21-22,26-49H2,1-3H3,(H,59,60)/b14-11-,19-16-,23-20-,25-24-. The molecule has 0 aliphatic carbocycles. The Hall–Kier alpha value is -2.56. The molecule has 3 unspecified atom stereocenters. The molecule has 0 saturated heterocycles. The Kier molecular flexibility index (Phi) is 47.0. The number of carbonyl (C=O) groups is 3. The molecule has 12 heteroatoms. The number of phosphoric acid groups is 1. The van der Waals surface area contributed by atoms with E-state index < -0.39 is 57.8 Å². The van der Waals surface area contributed by atoms with E-state index in [4.69, 9.17) is 23.3 Å². The van der Waals surface area contributed by atoms with Gasteiger partial charge in [-0.2, -0.15) is 0 Å². The van der Waals surface area contributed by atoms with Gasteiger partial charge in [-0.05, 0) is 77.0 Å². The Morgan fingerprint density at radius 2 is 0.773 bits per heavy atom. The molecule has 384 valence electrons. The third-order valence-electron chi connectivity index (χ3n) is 11.2. The highest BCUT2D eigenvalue weighted by Crippen LogP contribution is 2.43. The Labute approximate surface area is 403 Å². The van der Waals surface area contributed by atoms with E-state index in [1.807, 2.05) is 0 Å². The van der Waals surface area contributed by atoms with E-state index in [1.54, 1.807) is 0 Å². The molecule has 11 nitrogen and oxygen atoms in total. The number of ether oxygens (including phenoxy) is 3. The molecule has 0 spiro atoms. The molecule has 2 N–H and O–H groups in total. The maximum Gasteiger partial charge on any atom is 0.472 e.